The van der Waals surface area contributed by atoms with Gasteiger partial charge < -0.3 is 15.3 Å². The van der Waals surface area contributed by atoms with Gasteiger partial charge in [-0.05, 0) is 0 Å². The first-order valence-electron chi connectivity index (χ1n) is 2.84. The molecule has 1 aliphatic heterocycles. The van der Waals surface area contributed by atoms with E-state index >= 15 is 0 Å². The van der Waals surface area contributed by atoms with Crippen LogP contribution in [0.3, 0.4) is 0 Å². The summed E-state index contributed by atoms with van der Waals surface area (Å²) in [5.41, 5.74) is 0. The first kappa shape index (κ1) is 7.34. The zero-order chi connectivity index (χ0) is 6.85. The second-order valence-corrected chi connectivity index (χ2v) is 3.38. The van der Waals surface area contributed by atoms with Gasteiger partial charge in [-0.3, -0.25) is 0 Å². The van der Waals surface area contributed by atoms with Crippen molar-refractivity contribution in [1.29, 1.82) is 0 Å². The molecule has 0 amide bonds. The van der Waals surface area contributed by atoms with Crippen molar-refractivity contribution in [3.63, 3.8) is 0 Å². The third-order valence-electron chi connectivity index (χ3n) is 1.44. The molecule has 0 spiro atoms. The van der Waals surface area contributed by atoms with Crippen LogP contribution in [-0.2, 0) is 0 Å². The second-order valence-electron chi connectivity index (χ2n) is 2.11. The van der Waals surface area contributed by atoms with E-state index in [0.29, 0.717) is 5.75 Å². The van der Waals surface area contributed by atoms with Crippen LogP contribution in [0, 0.1) is 0 Å². The van der Waals surface area contributed by atoms with Crippen LogP contribution in [0.5, 0.6) is 0 Å². The maximum atomic E-state index is 9.03. The van der Waals surface area contributed by atoms with Crippen LogP contribution in [0.4, 0.5) is 0 Å². The summed E-state index contributed by atoms with van der Waals surface area (Å²) in [7, 11) is 0. The molecule has 0 aromatic rings. The Morgan fingerprint density at radius 1 is 1.44 bits per heavy atom. The van der Waals surface area contributed by atoms with Gasteiger partial charge in [0.2, 0.25) is 0 Å². The predicted octanol–water partition coefficient (Wildman–Crippen LogP) is -1.18. The molecule has 3 atom stereocenters. The summed E-state index contributed by atoms with van der Waals surface area (Å²) in [5, 5.41) is 26.3. The van der Waals surface area contributed by atoms with Crippen molar-refractivity contribution >= 4 is 11.8 Å². The molecule has 0 saturated carbocycles. The number of aliphatic hydroxyl groups excluding tert-OH is 3. The lowest BCUT2D eigenvalue weighted by Crippen LogP contribution is -2.30. The molecule has 0 aromatic heterocycles. The third kappa shape index (κ3) is 1.38. The van der Waals surface area contributed by atoms with Gasteiger partial charge in [0.25, 0.3) is 0 Å². The van der Waals surface area contributed by atoms with Crippen LogP contribution in [0.1, 0.15) is 0 Å². The van der Waals surface area contributed by atoms with E-state index in [9.17, 15) is 0 Å². The van der Waals surface area contributed by atoms with E-state index in [4.69, 9.17) is 15.3 Å². The van der Waals surface area contributed by atoms with Gasteiger partial charge in [-0.1, -0.05) is 0 Å². The molecule has 0 radical (unpaired) electrons. The summed E-state index contributed by atoms with van der Waals surface area (Å²) in [6.45, 7) is -0.0527. The zero-order valence-electron chi connectivity index (χ0n) is 4.90. The minimum Gasteiger partial charge on any atom is -0.395 e. The summed E-state index contributed by atoms with van der Waals surface area (Å²) in [6.07, 6.45) is -1.38. The smallest absolute Gasteiger partial charge is 0.0947 e. The van der Waals surface area contributed by atoms with Crippen molar-refractivity contribution in [2.24, 2.45) is 0 Å². The monoisotopic (exact) mass is 150 g/mol. The van der Waals surface area contributed by atoms with Gasteiger partial charge in [-0.2, -0.15) is 11.8 Å². The molecular weight excluding hydrogens is 140 g/mol. The van der Waals surface area contributed by atoms with Gasteiger partial charge in [0.1, 0.15) is 0 Å². The SMILES string of the molecule is OCC1SC[C@H](O)[C@@H]1O. The molecule has 3 nitrogen and oxygen atoms in total. The van der Waals surface area contributed by atoms with E-state index in [-0.39, 0.29) is 11.9 Å². The summed E-state index contributed by atoms with van der Waals surface area (Å²) >= 11 is 1.41. The molecule has 3 N–H and O–H groups in total. The minimum absolute atomic E-state index is 0.0527. The van der Waals surface area contributed by atoms with Gasteiger partial charge >= 0.3 is 0 Å². The quantitative estimate of drug-likeness (QED) is 0.440. The molecule has 0 aromatic carbocycles. The lowest BCUT2D eigenvalue weighted by atomic mass is 10.2. The predicted molar refractivity (Wildman–Crippen MR) is 35.3 cm³/mol. The normalized spacial score (nSPS) is 43.7. The van der Waals surface area contributed by atoms with Gasteiger partial charge in [-0.15, -0.1) is 0 Å². The Balaban J connectivity index is 2.41. The maximum absolute atomic E-state index is 9.03. The topological polar surface area (TPSA) is 60.7 Å². The van der Waals surface area contributed by atoms with Crippen molar-refractivity contribution in [2.75, 3.05) is 12.4 Å². The number of hydrogen-bond donors (Lipinski definition) is 3. The van der Waals surface area contributed by atoms with E-state index in [1.165, 1.54) is 11.8 Å². The van der Waals surface area contributed by atoms with Crippen molar-refractivity contribution in [3.05, 3.63) is 0 Å². The standard InChI is InChI=1S/C5H10O3S/c6-1-4-5(8)3(7)2-9-4/h3-8H,1-2H2/t3-,4?,5-/m0/s1. The average molecular weight is 150 g/mol. The lowest BCUT2D eigenvalue weighted by Gasteiger charge is -2.11. The number of rotatable bonds is 1. The molecule has 1 heterocycles. The fourth-order valence-electron chi connectivity index (χ4n) is 0.828. The van der Waals surface area contributed by atoms with Crippen LogP contribution in [0.25, 0.3) is 0 Å². The fraction of sp³-hybridized carbons (Fsp3) is 1.00. The van der Waals surface area contributed by atoms with Crippen LogP contribution in [0.2, 0.25) is 0 Å². The Kier molecular flexibility index (Phi) is 2.35. The Bertz CT molecular complexity index is 98.2. The summed E-state index contributed by atoms with van der Waals surface area (Å²) in [4.78, 5) is 0. The van der Waals surface area contributed by atoms with E-state index in [2.05, 4.69) is 0 Å². The molecule has 9 heavy (non-hydrogen) atoms. The van der Waals surface area contributed by atoms with Crippen LogP contribution < -0.4 is 0 Å². The number of thioether (sulfide) groups is 1. The molecule has 54 valence electrons. The van der Waals surface area contributed by atoms with Crippen molar-refractivity contribution in [1.82, 2.24) is 0 Å². The molecule has 0 aliphatic carbocycles. The van der Waals surface area contributed by atoms with E-state index < -0.39 is 12.2 Å². The summed E-state index contributed by atoms with van der Waals surface area (Å²) in [6, 6.07) is 0. The first-order chi connectivity index (χ1) is 4.25. The Labute approximate surface area is 57.7 Å². The van der Waals surface area contributed by atoms with Gasteiger partial charge in [0.05, 0.1) is 24.1 Å². The van der Waals surface area contributed by atoms with Crippen LogP contribution in [-0.4, -0.2) is 45.1 Å². The van der Waals surface area contributed by atoms with Crippen molar-refractivity contribution < 1.29 is 15.3 Å². The highest BCUT2D eigenvalue weighted by atomic mass is 32.2. The highest BCUT2D eigenvalue weighted by molar-refractivity contribution is 8.00. The minimum atomic E-state index is -0.736. The van der Waals surface area contributed by atoms with E-state index in [0.717, 1.165) is 0 Å². The highest BCUT2D eigenvalue weighted by Gasteiger charge is 2.33. The molecule has 1 unspecified atom stereocenters. The fourth-order valence-corrected chi connectivity index (χ4v) is 1.95. The van der Waals surface area contributed by atoms with E-state index in [1.807, 2.05) is 0 Å². The lowest BCUT2D eigenvalue weighted by molar-refractivity contribution is 0.0326. The third-order valence-corrected chi connectivity index (χ3v) is 2.83. The highest BCUT2D eigenvalue weighted by Crippen LogP contribution is 2.26. The summed E-state index contributed by atoms with van der Waals surface area (Å²) in [5.74, 6) is 0.534. The molecule has 1 rings (SSSR count). The Morgan fingerprint density at radius 3 is 2.33 bits per heavy atom. The zero-order valence-corrected chi connectivity index (χ0v) is 5.71. The summed E-state index contributed by atoms with van der Waals surface area (Å²) < 4.78 is 0. The van der Waals surface area contributed by atoms with Crippen LogP contribution in [0.15, 0.2) is 0 Å². The molecular formula is C5H10O3S. The average Bonchev–Trinajstić information content (AvgIpc) is 2.15. The number of hydrogen-bond acceptors (Lipinski definition) is 4. The molecule has 1 aliphatic rings. The molecule has 4 heteroatoms. The largest absolute Gasteiger partial charge is 0.395 e. The van der Waals surface area contributed by atoms with Gasteiger partial charge in [-0.25, -0.2) is 0 Å². The van der Waals surface area contributed by atoms with E-state index in [1.54, 1.807) is 0 Å². The molecule has 1 saturated heterocycles. The van der Waals surface area contributed by atoms with Gasteiger partial charge in [0, 0.05) is 5.75 Å². The van der Waals surface area contributed by atoms with Gasteiger partial charge in [0.15, 0.2) is 0 Å². The van der Waals surface area contributed by atoms with Crippen molar-refractivity contribution in [2.45, 2.75) is 17.5 Å². The second kappa shape index (κ2) is 2.88. The maximum Gasteiger partial charge on any atom is 0.0947 e. The molecule has 0 bridgehead atoms. The number of aliphatic hydroxyl groups is 3. The van der Waals surface area contributed by atoms with Crippen LogP contribution >= 0.6 is 11.8 Å². The first-order valence-corrected chi connectivity index (χ1v) is 3.89. The van der Waals surface area contributed by atoms with Crippen molar-refractivity contribution in [3.8, 4) is 0 Å². The Morgan fingerprint density at radius 2 is 2.11 bits per heavy atom. The Hall–Kier alpha value is 0.230. The molecule has 1 fully saturated rings.